The monoisotopic (exact) mass is 537 g/mol. The number of carbonyl (C=O) groups is 2. The zero-order valence-corrected chi connectivity index (χ0v) is 20.8. The van der Waals surface area contributed by atoms with Gasteiger partial charge in [-0.1, -0.05) is 60.5 Å². The molecule has 0 heterocycles. The lowest BCUT2D eigenvalue weighted by molar-refractivity contribution is -0.178. The van der Waals surface area contributed by atoms with Crippen molar-refractivity contribution >= 4 is 51.5 Å². The fraction of sp³-hybridized carbons (Fsp3) is 0.333. The van der Waals surface area contributed by atoms with E-state index in [9.17, 15) is 27.9 Å². The predicted molar refractivity (Wildman–Crippen MR) is 135 cm³/mol. The lowest BCUT2D eigenvalue weighted by Gasteiger charge is -2.26. The van der Waals surface area contributed by atoms with Gasteiger partial charge in [0.25, 0.3) is 0 Å². The summed E-state index contributed by atoms with van der Waals surface area (Å²) in [6, 6.07) is 14.6. The van der Waals surface area contributed by atoms with E-state index >= 15 is 0 Å². The van der Waals surface area contributed by atoms with E-state index in [0.717, 1.165) is 25.2 Å². The number of amides is 1. The van der Waals surface area contributed by atoms with Crippen LogP contribution in [0.1, 0.15) is 49.1 Å². The van der Waals surface area contributed by atoms with E-state index in [1.165, 1.54) is 12.1 Å². The molecule has 1 amide bonds. The van der Waals surface area contributed by atoms with Crippen LogP contribution in [0.3, 0.4) is 0 Å². The van der Waals surface area contributed by atoms with Gasteiger partial charge in [0.05, 0.1) is 29.0 Å². The minimum atomic E-state index is -4.63. The Bertz CT molecular complexity index is 1310. The molecule has 1 saturated carbocycles. The molecule has 1 aliphatic carbocycles. The maximum absolute atomic E-state index is 13.8. The molecule has 3 aromatic rings. The summed E-state index contributed by atoms with van der Waals surface area (Å²) in [5.41, 5.74) is 1.03. The number of benzene rings is 3. The lowest BCUT2D eigenvalue weighted by atomic mass is 9.84. The molecule has 0 bridgehead atoms. The number of aliphatic carboxylic acids is 1. The van der Waals surface area contributed by atoms with Crippen LogP contribution in [0.25, 0.3) is 10.8 Å². The van der Waals surface area contributed by atoms with Crippen molar-refractivity contribution in [3.8, 4) is 0 Å². The van der Waals surface area contributed by atoms with Gasteiger partial charge in [0.1, 0.15) is 0 Å². The predicted octanol–water partition coefficient (Wildman–Crippen LogP) is 8.04. The largest absolute Gasteiger partial charge is 0.481 e. The van der Waals surface area contributed by atoms with Gasteiger partial charge in [-0.25, -0.2) is 0 Å². The molecule has 190 valence electrons. The van der Waals surface area contributed by atoms with E-state index in [1.54, 1.807) is 42.5 Å². The van der Waals surface area contributed by atoms with Gasteiger partial charge in [0.2, 0.25) is 5.91 Å². The fourth-order valence-corrected chi connectivity index (χ4v) is 4.95. The molecule has 9 heteroatoms. The highest BCUT2D eigenvalue weighted by atomic mass is 35.5. The van der Waals surface area contributed by atoms with E-state index in [-0.39, 0.29) is 34.5 Å². The molecule has 4 nitrogen and oxygen atoms in total. The van der Waals surface area contributed by atoms with Crippen LogP contribution in [-0.2, 0) is 9.59 Å². The molecule has 1 aliphatic rings. The van der Waals surface area contributed by atoms with Gasteiger partial charge in [-0.2, -0.15) is 13.2 Å². The standard InChI is InChI=1S/C27H24Cl2F3NO3/c1-14(27(30,31)32)25(18-5-2-15-6-8-20(28)11-19(15)10-18)26(36)33-23-12-17(7-9-22(23)29)21(13-24(34)35)16-3-4-16/h2,5-12,14,16,21,25H,3-4,13H2,1H3,(H,33,36)(H,34,35)/t14-,21+,25+/m1/s1. The van der Waals surface area contributed by atoms with E-state index in [1.807, 2.05) is 0 Å². The normalized spacial score (nSPS) is 16.4. The van der Waals surface area contributed by atoms with Gasteiger partial charge in [-0.05, 0) is 70.8 Å². The van der Waals surface area contributed by atoms with Gasteiger partial charge < -0.3 is 10.4 Å². The topological polar surface area (TPSA) is 66.4 Å². The molecule has 0 aliphatic heterocycles. The van der Waals surface area contributed by atoms with Crippen molar-refractivity contribution in [3.05, 3.63) is 75.8 Å². The first-order chi connectivity index (χ1) is 16.9. The average molecular weight is 538 g/mol. The minimum absolute atomic E-state index is 0.0763. The number of carboxylic acid groups (broad SMARTS) is 1. The molecule has 0 radical (unpaired) electrons. The summed E-state index contributed by atoms with van der Waals surface area (Å²) in [5, 5.41) is 13.9. The Kier molecular flexibility index (Phi) is 7.53. The minimum Gasteiger partial charge on any atom is -0.481 e. The molecule has 0 saturated heterocycles. The zero-order chi connectivity index (χ0) is 26.2. The first-order valence-electron chi connectivity index (χ1n) is 11.5. The fourth-order valence-electron chi connectivity index (χ4n) is 4.61. The molecule has 2 N–H and O–H groups in total. The maximum atomic E-state index is 13.8. The molecule has 0 spiro atoms. The molecule has 0 aromatic heterocycles. The van der Waals surface area contributed by atoms with Crippen LogP contribution in [-0.4, -0.2) is 23.2 Å². The van der Waals surface area contributed by atoms with Crippen molar-refractivity contribution in [1.29, 1.82) is 0 Å². The molecule has 4 rings (SSSR count). The third-order valence-corrected chi connectivity index (χ3v) is 7.31. The summed E-state index contributed by atoms with van der Waals surface area (Å²) in [6.07, 6.45) is -2.90. The number of carboxylic acids is 1. The Morgan fingerprint density at radius 3 is 2.31 bits per heavy atom. The molecular weight excluding hydrogens is 514 g/mol. The van der Waals surface area contributed by atoms with E-state index in [2.05, 4.69) is 5.32 Å². The number of hydrogen-bond donors (Lipinski definition) is 2. The number of hydrogen-bond acceptors (Lipinski definition) is 2. The summed E-state index contributed by atoms with van der Waals surface area (Å²) >= 11 is 12.4. The summed E-state index contributed by atoms with van der Waals surface area (Å²) in [6.45, 7) is 0.973. The van der Waals surface area contributed by atoms with Crippen LogP contribution in [0.2, 0.25) is 10.0 Å². The zero-order valence-electron chi connectivity index (χ0n) is 19.3. The second-order valence-electron chi connectivity index (χ2n) is 9.33. The number of anilines is 1. The van der Waals surface area contributed by atoms with Crippen molar-refractivity contribution in [1.82, 2.24) is 0 Å². The first-order valence-corrected chi connectivity index (χ1v) is 12.3. The molecule has 1 fully saturated rings. The summed E-state index contributed by atoms with van der Waals surface area (Å²) < 4.78 is 41.5. The van der Waals surface area contributed by atoms with Gasteiger partial charge in [0, 0.05) is 5.02 Å². The van der Waals surface area contributed by atoms with Gasteiger partial charge in [0.15, 0.2) is 0 Å². The van der Waals surface area contributed by atoms with Crippen LogP contribution in [0.4, 0.5) is 18.9 Å². The Hall–Kier alpha value is -2.77. The van der Waals surface area contributed by atoms with Crippen molar-refractivity contribution < 1.29 is 27.9 Å². The summed E-state index contributed by atoms with van der Waals surface area (Å²) in [5.74, 6) is -5.38. The Balaban J connectivity index is 1.69. The summed E-state index contributed by atoms with van der Waals surface area (Å²) in [4.78, 5) is 24.7. The molecule has 3 atom stereocenters. The van der Waals surface area contributed by atoms with Crippen LogP contribution in [0, 0.1) is 11.8 Å². The van der Waals surface area contributed by atoms with E-state index in [4.69, 9.17) is 23.2 Å². The lowest BCUT2D eigenvalue weighted by Crippen LogP contribution is -2.34. The third-order valence-electron chi connectivity index (χ3n) is 6.75. The third kappa shape index (κ3) is 5.95. The Morgan fingerprint density at radius 2 is 1.67 bits per heavy atom. The Morgan fingerprint density at radius 1 is 1.00 bits per heavy atom. The Labute approximate surface area is 216 Å². The second-order valence-corrected chi connectivity index (χ2v) is 10.2. The van der Waals surface area contributed by atoms with Crippen molar-refractivity contribution in [2.24, 2.45) is 11.8 Å². The van der Waals surface area contributed by atoms with Crippen LogP contribution in [0.5, 0.6) is 0 Å². The quantitative estimate of drug-likeness (QED) is 0.305. The number of fused-ring (bicyclic) bond motifs is 1. The van der Waals surface area contributed by atoms with E-state index in [0.29, 0.717) is 16.0 Å². The van der Waals surface area contributed by atoms with Gasteiger partial charge in [-0.3, -0.25) is 9.59 Å². The van der Waals surface area contributed by atoms with Crippen molar-refractivity contribution in [3.63, 3.8) is 0 Å². The number of nitrogens with one attached hydrogen (secondary N) is 1. The summed E-state index contributed by atoms with van der Waals surface area (Å²) in [7, 11) is 0. The molecule has 36 heavy (non-hydrogen) atoms. The van der Waals surface area contributed by atoms with E-state index < -0.39 is 29.9 Å². The molecule has 0 unspecified atom stereocenters. The smallest absolute Gasteiger partial charge is 0.392 e. The highest BCUT2D eigenvalue weighted by Crippen LogP contribution is 2.46. The highest BCUT2D eigenvalue weighted by molar-refractivity contribution is 6.33. The second kappa shape index (κ2) is 10.3. The van der Waals surface area contributed by atoms with Crippen molar-refractivity contribution in [2.75, 3.05) is 5.32 Å². The number of alkyl halides is 3. The number of rotatable bonds is 8. The number of carbonyl (C=O) groups excluding carboxylic acids is 1. The van der Waals surface area contributed by atoms with Crippen LogP contribution >= 0.6 is 23.2 Å². The maximum Gasteiger partial charge on any atom is 0.392 e. The van der Waals surface area contributed by atoms with Crippen molar-refractivity contribution in [2.45, 2.75) is 44.2 Å². The van der Waals surface area contributed by atoms with Crippen LogP contribution < -0.4 is 5.32 Å². The van der Waals surface area contributed by atoms with Gasteiger partial charge in [-0.15, -0.1) is 0 Å². The molecule has 3 aromatic carbocycles. The molecular formula is C27H24Cl2F3NO3. The number of halogens is 5. The van der Waals surface area contributed by atoms with Crippen LogP contribution in [0.15, 0.2) is 54.6 Å². The SMILES string of the molecule is C[C@H]([C@H](C(=O)Nc1cc([C@@H](CC(=O)O)C2CC2)ccc1Cl)c1ccc2ccc(Cl)cc2c1)C(F)(F)F. The highest BCUT2D eigenvalue weighted by Gasteiger charge is 2.45. The van der Waals surface area contributed by atoms with Gasteiger partial charge >= 0.3 is 12.1 Å². The average Bonchev–Trinajstić information content (AvgIpc) is 3.63. The first kappa shape index (κ1) is 26.3.